The average Bonchev–Trinajstić information content (AvgIpc) is 2.76. The molecule has 0 radical (unpaired) electrons. The highest BCUT2D eigenvalue weighted by Gasteiger charge is 2.14. The Balaban J connectivity index is 2.10. The lowest BCUT2D eigenvalue weighted by Gasteiger charge is -2.15. The molecule has 0 spiro atoms. The minimum Gasteiger partial charge on any atom is -0.375 e. The number of nitrogen functional groups attached to an aromatic ring is 1. The van der Waals surface area contributed by atoms with Gasteiger partial charge in [0.25, 0.3) is 5.91 Å². The predicted octanol–water partition coefficient (Wildman–Crippen LogP) is 2.52. The molecule has 0 saturated heterocycles. The van der Waals surface area contributed by atoms with E-state index in [2.05, 4.69) is 10.3 Å². The fourth-order valence-corrected chi connectivity index (χ4v) is 2.36. The number of aromatic nitrogens is 1. The topological polar surface area (TPSA) is 68.0 Å². The molecule has 2 rings (SSSR count). The van der Waals surface area contributed by atoms with E-state index in [0.717, 1.165) is 11.1 Å². The number of amides is 1. The first-order valence-corrected chi connectivity index (χ1v) is 6.53. The van der Waals surface area contributed by atoms with Gasteiger partial charge in [-0.25, -0.2) is 4.98 Å². The fourth-order valence-electron chi connectivity index (χ4n) is 1.81. The quantitative estimate of drug-likeness (QED) is 0.892. The van der Waals surface area contributed by atoms with Crippen LogP contribution in [-0.4, -0.2) is 10.9 Å². The van der Waals surface area contributed by atoms with Crippen LogP contribution in [0.1, 0.15) is 34.6 Å². The average molecular weight is 261 g/mol. The van der Waals surface area contributed by atoms with Gasteiger partial charge in [-0.1, -0.05) is 24.3 Å². The summed E-state index contributed by atoms with van der Waals surface area (Å²) in [6.07, 6.45) is 0. The first-order valence-electron chi connectivity index (χ1n) is 5.65. The van der Waals surface area contributed by atoms with E-state index >= 15 is 0 Å². The van der Waals surface area contributed by atoms with Crippen LogP contribution in [0.3, 0.4) is 0 Å². The van der Waals surface area contributed by atoms with Crippen molar-refractivity contribution in [3.05, 3.63) is 46.5 Å². The van der Waals surface area contributed by atoms with Gasteiger partial charge in [0.1, 0.15) is 5.69 Å². The Morgan fingerprint density at radius 2 is 2.17 bits per heavy atom. The second kappa shape index (κ2) is 5.18. The van der Waals surface area contributed by atoms with Crippen LogP contribution in [0, 0.1) is 6.92 Å². The van der Waals surface area contributed by atoms with Crippen molar-refractivity contribution in [2.24, 2.45) is 0 Å². The van der Waals surface area contributed by atoms with Gasteiger partial charge in [0, 0.05) is 5.38 Å². The number of carbonyl (C=O) groups is 1. The van der Waals surface area contributed by atoms with Gasteiger partial charge in [0.05, 0.1) is 6.04 Å². The van der Waals surface area contributed by atoms with Gasteiger partial charge in [0.15, 0.2) is 5.13 Å². The summed E-state index contributed by atoms with van der Waals surface area (Å²) in [6.45, 7) is 3.98. The molecule has 3 N–H and O–H groups in total. The molecule has 18 heavy (non-hydrogen) atoms. The van der Waals surface area contributed by atoms with Crippen LogP contribution in [0.4, 0.5) is 5.13 Å². The molecular weight excluding hydrogens is 246 g/mol. The van der Waals surface area contributed by atoms with Gasteiger partial charge in [-0.3, -0.25) is 4.79 Å². The van der Waals surface area contributed by atoms with Crippen molar-refractivity contribution in [2.75, 3.05) is 5.73 Å². The van der Waals surface area contributed by atoms with Crippen LogP contribution < -0.4 is 11.1 Å². The van der Waals surface area contributed by atoms with E-state index < -0.39 is 0 Å². The zero-order valence-electron chi connectivity index (χ0n) is 10.3. The Kier molecular flexibility index (Phi) is 3.62. The molecule has 1 amide bonds. The van der Waals surface area contributed by atoms with Crippen LogP contribution >= 0.6 is 11.3 Å². The van der Waals surface area contributed by atoms with Crippen molar-refractivity contribution >= 4 is 22.4 Å². The second-order valence-electron chi connectivity index (χ2n) is 4.12. The van der Waals surface area contributed by atoms with Crippen LogP contribution in [0.15, 0.2) is 29.6 Å². The lowest BCUT2D eigenvalue weighted by Crippen LogP contribution is -2.27. The normalized spacial score (nSPS) is 12.1. The number of hydrogen-bond acceptors (Lipinski definition) is 4. The Morgan fingerprint density at radius 3 is 2.78 bits per heavy atom. The van der Waals surface area contributed by atoms with Crippen molar-refractivity contribution in [1.82, 2.24) is 10.3 Å². The highest BCUT2D eigenvalue weighted by molar-refractivity contribution is 7.13. The summed E-state index contributed by atoms with van der Waals surface area (Å²) in [5, 5.41) is 4.98. The van der Waals surface area contributed by atoms with Crippen LogP contribution in [0.2, 0.25) is 0 Å². The molecule has 1 atom stereocenters. The van der Waals surface area contributed by atoms with Crippen LogP contribution in [0.25, 0.3) is 0 Å². The van der Waals surface area contributed by atoms with Gasteiger partial charge in [-0.05, 0) is 25.0 Å². The van der Waals surface area contributed by atoms with Crippen molar-refractivity contribution in [3.8, 4) is 0 Å². The first-order chi connectivity index (χ1) is 8.58. The van der Waals surface area contributed by atoms with Crippen molar-refractivity contribution < 1.29 is 4.79 Å². The lowest BCUT2D eigenvalue weighted by molar-refractivity contribution is 0.0935. The molecule has 4 nitrogen and oxygen atoms in total. The summed E-state index contributed by atoms with van der Waals surface area (Å²) in [4.78, 5) is 15.9. The third kappa shape index (κ3) is 2.68. The molecular formula is C13H15N3OS. The minimum atomic E-state index is -0.196. The molecule has 1 heterocycles. The minimum absolute atomic E-state index is 0.0541. The largest absolute Gasteiger partial charge is 0.375 e. The smallest absolute Gasteiger partial charge is 0.271 e. The predicted molar refractivity (Wildman–Crippen MR) is 73.6 cm³/mol. The van der Waals surface area contributed by atoms with E-state index in [1.165, 1.54) is 11.3 Å². The monoisotopic (exact) mass is 261 g/mol. The molecule has 0 aliphatic heterocycles. The molecule has 0 unspecified atom stereocenters. The maximum Gasteiger partial charge on any atom is 0.271 e. The molecule has 0 aliphatic rings. The number of nitrogens with two attached hydrogens (primary N) is 1. The summed E-state index contributed by atoms with van der Waals surface area (Å²) in [6, 6.07) is 7.93. The number of hydrogen-bond donors (Lipinski definition) is 2. The highest BCUT2D eigenvalue weighted by atomic mass is 32.1. The van der Waals surface area contributed by atoms with Gasteiger partial charge in [-0.2, -0.15) is 0 Å². The molecule has 94 valence electrons. The third-order valence-electron chi connectivity index (χ3n) is 2.76. The standard InChI is InChI=1S/C13H15N3OS/c1-8-5-3-4-6-10(8)9(2)15-12(17)11-7-18-13(14)16-11/h3-7,9H,1-2H3,(H2,14,16)(H,15,17)/t9-/m0/s1. The number of rotatable bonds is 3. The van der Waals surface area contributed by atoms with Gasteiger partial charge >= 0.3 is 0 Å². The molecule has 0 bridgehead atoms. The van der Waals surface area contributed by atoms with Gasteiger partial charge in [0.2, 0.25) is 0 Å². The summed E-state index contributed by atoms with van der Waals surface area (Å²) in [5.74, 6) is -0.196. The van der Waals surface area contributed by atoms with E-state index in [-0.39, 0.29) is 11.9 Å². The molecule has 2 aromatic rings. The van der Waals surface area contributed by atoms with E-state index in [9.17, 15) is 4.79 Å². The zero-order chi connectivity index (χ0) is 13.1. The molecule has 0 aliphatic carbocycles. The van der Waals surface area contributed by atoms with E-state index in [4.69, 9.17) is 5.73 Å². The van der Waals surface area contributed by atoms with Crippen molar-refractivity contribution in [3.63, 3.8) is 0 Å². The maximum atomic E-state index is 11.9. The molecule has 0 saturated carbocycles. The third-order valence-corrected chi connectivity index (χ3v) is 3.43. The van der Waals surface area contributed by atoms with Gasteiger partial charge < -0.3 is 11.1 Å². The number of carbonyl (C=O) groups excluding carboxylic acids is 1. The van der Waals surface area contributed by atoms with Crippen molar-refractivity contribution in [2.45, 2.75) is 19.9 Å². The van der Waals surface area contributed by atoms with Crippen molar-refractivity contribution in [1.29, 1.82) is 0 Å². The van der Waals surface area contributed by atoms with E-state index in [0.29, 0.717) is 10.8 Å². The second-order valence-corrected chi connectivity index (χ2v) is 5.01. The summed E-state index contributed by atoms with van der Waals surface area (Å²) >= 11 is 1.26. The van der Waals surface area contributed by atoms with Gasteiger partial charge in [-0.15, -0.1) is 11.3 Å². The summed E-state index contributed by atoms with van der Waals surface area (Å²) in [5.41, 5.74) is 8.14. The zero-order valence-corrected chi connectivity index (χ0v) is 11.1. The Labute approximate surface area is 110 Å². The summed E-state index contributed by atoms with van der Waals surface area (Å²) < 4.78 is 0. The summed E-state index contributed by atoms with van der Waals surface area (Å²) in [7, 11) is 0. The van der Waals surface area contributed by atoms with Crippen LogP contribution in [-0.2, 0) is 0 Å². The highest BCUT2D eigenvalue weighted by Crippen LogP contribution is 2.18. The number of anilines is 1. The molecule has 5 heteroatoms. The number of thiazole rings is 1. The number of benzene rings is 1. The van der Waals surface area contributed by atoms with E-state index in [1.54, 1.807) is 5.38 Å². The lowest BCUT2D eigenvalue weighted by atomic mass is 10.0. The number of nitrogens with zero attached hydrogens (tertiary/aromatic N) is 1. The molecule has 0 fully saturated rings. The Morgan fingerprint density at radius 1 is 1.44 bits per heavy atom. The van der Waals surface area contributed by atoms with E-state index in [1.807, 2.05) is 38.1 Å². The van der Waals surface area contributed by atoms with Crippen LogP contribution in [0.5, 0.6) is 0 Å². The number of nitrogens with one attached hydrogen (secondary N) is 1. The fraction of sp³-hybridized carbons (Fsp3) is 0.231. The SMILES string of the molecule is Cc1ccccc1[C@H](C)NC(=O)c1csc(N)n1. The molecule has 1 aromatic carbocycles. The first kappa shape index (κ1) is 12.6. The number of aryl methyl sites for hydroxylation is 1. The molecule has 1 aromatic heterocycles. The maximum absolute atomic E-state index is 11.9. The Bertz CT molecular complexity index is 565. The Hall–Kier alpha value is -1.88.